The minimum absolute atomic E-state index is 0.0401. The molecule has 0 fully saturated rings. The molecule has 29 heavy (non-hydrogen) atoms. The van der Waals surface area contributed by atoms with Crippen LogP contribution in [0.5, 0.6) is 0 Å². The van der Waals surface area contributed by atoms with Crippen LogP contribution in [0.3, 0.4) is 0 Å². The predicted molar refractivity (Wildman–Crippen MR) is 111 cm³/mol. The molecular formula is C21H19N3O4S. The number of thioether (sulfide) groups is 1. The molecule has 2 aromatic carbocycles. The van der Waals surface area contributed by atoms with Crippen molar-refractivity contribution in [3.8, 4) is 0 Å². The molecule has 0 atom stereocenters. The van der Waals surface area contributed by atoms with Gasteiger partial charge in [0.2, 0.25) is 5.91 Å². The Morgan fingerprint density at radius 1 is 1.10 bits per heavy atom. The van der Waals surface area contributed by atoms with Gasteiger partial charge in [-0.2, -0.15) is 0 Å². The molecule has 0 unspecified atom stereocenters. The number of hydrogen-bond acceptors (Lipinski definition) is 6. The molecule has 0 saturated heterocycles. The van der Waals surface area contributed by atoms with Crippen molar-refractivity contribution in [3.63, 3.8) is 0 Å². The number of amides is 1. The van der Waals surface area contributed by atoms with Gasteiger partial charge in [0.25, 0.3) is 5.56 Å². The topological polar surface area (TPSA) is 101 Å². The van der Waals surface area contributed by atoms with E-state index in [1.807, 2.05) is 30.3 Å². The van der Waals surface area contributed by atoms with Crippen LogP contribution in [0.2, 0.25) is 0 Å². The molecule has 148 valence electrons. The zero-order valence-electron chi connectivity index (χ0n) is 15.7. The predicted octanol–water partition coefficient (Wildman–Crippen LogP) is 3.03. The summed E-state index contributed by atoms with van der Waals surface area (Å²) < 4.78 is 4.64. The molecule has 1 amide bonds. The summed E-state index contributed by atoms with van der Waals surface area (Å²) in [5, 5.41) is 3.19. The summed E-state index contributed by atoms with van der Waals surface area (Å²) in [5.41, 5.74) is 2.11. The molecule has 7 nitrogen and oxygen atoms in total. The Morgan fingerprint density at radius 3 is 2.52 bits per heavy atom. The van der Waals surface area contributed by atoms with E-state index in [1.165, 1.54) is 24.9 Å². The summed E-state index contributed by atoms with van der Waals surface area (Å²) in [6.45, 7) is 0. The van der Waals surface area contributed by atoms with E-state index < -0.39 is 5.97 Å². The molecule has 0 saturated carbocycles. The average Bonchev–Trinajstić information content (AvgIpc) is 2.72. The average molecular weight is 409 g/mol. The second-order valence-corrected chi connectivity index (χ2v) is 7.07. The van der Waals surface area contributed by atoms with E-state index in [1.54, 1.807) is 24.3 Å². The van der Waals surface area contributed by atoms with Crippen LogP contribution in [-0.4, -0.2) is 29.0 Å². The summed E-state index contributed by atoms with van der Waals surface area (Å²) >= 11 is 1.40. The second kappa shape index (κ2) is 9.70. The summed E-state index contributed by atoms with van der Waals surface area (Å²) in [4.78, 5) is 42.7. The smallest absolute Gasteiger partial charge is 0.337 e. The lowest BCUT2D eigenvalue weighted by atomic mass is 10.2. The van der Waals surface area contributed by atoms with Gasteiger partial charge in [-0.1, -0.05) is 42.1 Å². The van der Waals surface area contributed by atoms with Crippen LogP contribution in [0, 0.1) is 0 Å². The van der Waals surface area contributed by atoms with Crippen LogP contribution >= 0.6 is 11.8 Å². The zero-order valence-corrected chi connectivity index (χ0v) is 16.5. The maximum Gasteiger partial charge on any atom is 0.337 e. The van der Waals surface area contributed by atoms with Gasteiger partial charge in [0.1, 0.15) is 0 Å². The van der Waals surface area contributed by atoms with Crippen molar-refractivity contribution in [2.24, 2.45) is 0 Å². The molecule has 8 heteroatoms. The Hall–Kier alpha value is -3.39. The van der Waals surface area contributed by atoms with Gasteiger partial charge in [0.05, 0.1) is 24.8 Å². The molecular weight excluding hydrogens is 390 g/mol. The molecule has 0 aliphatic rings. The van der Waals surface area contributed by atoms with Crippen molar-refractivity contribution in [2.45, 2.75) is 17.3 Å². The minimum Gasteiger partial charge on any atom is -0.465 e. The summed E-state index contributed by atoms with van der Waals surface area (Å²) in [5.74, 6) is -0.101. The molecule has 0 aliphatic heterocycles. The Labute approximate surface area is 171 Å². The Morgan fingerprint density at radius 2 is 1.83 bits per heavy atom. The Balaban J connectivity index is 1.61. The lowest BCUT2D eigenvalue weighted by molar-refractivity contribution is -0.115. The fourth-order valence-electron chi connectivity index (χ4n) is 2.55. The molecule has 0 spiro atoms. The number of carbonyl (C=O) groups is 2. The summed E-state index contributed by atoms with van der Waals surface area (Å²) in [7, 11) is 1.30. The first-order valence-electron chi connectivity index (χ1n) is 8.78. The van der Waals surface area contributed by atoms with E-state index >= 15 is 0 Å². The number of aromatic amines is 1. The van der Waals surface area contributed by atoms with Gasteiger partial charge in [-0.3, -0.25) is 9.59 Å². The Kier molecular flexibility index (Phi) is 6.80. The van der Waals surface area contributed by atoms with Crippen LogP contribution in [0.15, 0.2) is 70.6 Å². The van der Waals surface area contributed by atoms with Gasteiger partial charge in [0.15, 0.2) is 5.16 Å². The maximum absolute atomic E-state index is 12.3. The number of rotatable bonds is 7. The molecule has 0 radical (unpaired) electrons. The van der Waals surface area contributed by atoms with Crippen LogP contribution in [0.4, 0.5) is 5.69 Å². The highest BCUT2D eigenvalue weighted by Gasteiger charge is 2.10. The number of esters is 1. The number of hydrogen-bond donors (Lipinski definition) is 2. The molecule has 1 aromatic heterocycles. The molecule has 2 N–H and O–H groups in total. The summed E-state index contributed by atoms with van der Waals surface area (Å²) in [6.07, 6.45) is -0.0401. The number of aromatic nitrogens is 2. The van der Waals surface area contributed by atoms with Gasteiger partial charge in [0, 0.05) is 17.5 Å². The number of carbonyl (C=O) groups excluding carboxylic acids is 2. The van der Waals surface area contributed by atoms with Crippen molar-refractivity contribution >= 4 is 29.3 Å². The van der Waals surface area contributed by atoms with Gasteiger partial charge < -0.3 is 15.0 Å². The second-order valence-electron chi connectivity index (χ2n) is 6.11. The number of nitrogens with one attached hydrogen (secondary N) is 2. The lowest BCUT2D eigenvalue weighted by Gasteiger charge is -2.07. The monoisotopic (exact) mass is 409 g/mol. The van der Waals surface area contributed by atoms with Crippen molar-refractivity contribution in [2.75, 3.05) is 12.4 Å². The standard InChI is InChI=1S/C21H19N3O4S/c1-28-20(27)15-7-9-16(10-8-15)22-18(25)11-17-12-19(26)24-21(23-17)29-13-14-5-3-2-4-6-14/h2-10,12H,11,13H2,1H3,(H,22,25)(H,23,24,26). The summed E-state index contributed by atoms with van der Waals surface area (Å²) in [6, 6.07) is 17.5. The Bertz CT molecular complexity index is 1050. The number of benzene rings is 2. The highest BCUT2D eigenvalue weighted by atomic mass is 32.2. The number of H-pyrrole nitrogens is 1. The first kappa shape index (κ1) is 20.3. The van der Waals surface area contributed by atoms with E-state index in [4.69, 9.17) is 0 Å². The van der Waals surface area contributed by atoms with Crippen LogP contribution in [0.25, 0.3) is 0 Å². The van der Waals surface area contributed by atoms with Crippen molar-refractivity contribution < 1.29 is 14.3 Å². The largest absolute Gasteiger partial charge is 0.465 e. The van der Waals surface area contributed by atoms with Crippen LogP contribution in [-0.2, 0) is 21.7 Å². The van der Waals surface area contributed by atoms with E-state index in [2.05, 4.69) is 20.0 Å². The van der Waals surface area contributed by atoms with Crippen LogP contribution in [0.1, 0.15) is 21.6 Å². The van der Waals surface area contributed by atoms with Crippen molar-refractivity contribution in [1.82, 2.24) is 9.97 Å². The van der Waals surface area contributed by atoms with E-state index in [0.717, 1.165) is 5.56 Å². The minimum atomic E-state index is -0.448. The maximum atomic E-state index is 12.3. The fourth-order valence-corrected chi connectivity index (χ4v) is 3.40. The third-order valence-corrected chi connectivity index (χ3v) is 4.87. The lowest BCUT2D eigenvalue weighted by Crippen LogP contribution is -2.18. The van der Waals surface area contributed by atoms with Crippen molar-refractivity contribution in [3.05, 3.63) is 87.8 Å². The molecule has 3 aromatic rings. The zero-order chi connectivity index (χ0) is 20.6. The highest BCUT2D eigenvalue weighted by Crippen LogP contribution is 2.18. The number of methoxy groups -OCH3 is 1. The fraction of sp³-hybridized carbons (Fsp3) is 0.143. The quantitative estimate of drug-likeness (QED) is 0.353. The van der Waals surface area contributed by atoms with Gasteiger partial charge in [-0.25, -0.2) is 9.78 Å². The van der Waals surface area contributed by atoms with Crippen LogP contribution < -0.4 is 10.9 Å². The number of anilines is 1. The SMILES string of the molecule is COC(=O)c1ccc(NC(=O)Cc2cc(=O)[nH]c(SCc3ccccc3)n2)cc1. The molecule has 0 bridgehead atoms. The molecule has 1 heterocycles. The van der Waals surface area contributed by atoms with E-state index in [9.17, 15) is 14.4 Å². The number of nitrogens with zero attached hydrogens (tertiary/aromatic N) is 1. The van der Waals surface area contributed by atoms with Gasteiger partial charge in [-0.05, 0) is 29.8 Å². The molecule has 0 aliphatic carbocycles. The first-order chi connectivity index (χ1) is 14.0. The van der Waals surface area contributed by atoms with Crippen molar-refractivity contribution in [1.29, 1.82) is 0 Å². The third-order valence-electron chi connectivity index (χ3n) is 3.92. The highest BCUT2D eigenvalue weighted by molar-refractivity contribution is 7.98. The van der Waals surface area contributed by atoms with Gasteiger partial charge in [-0.15, -0.1) is 0 Å². The molecule has 3 rings (SSSR count). The van der Waals surface area contributed by atoms with E-state index in [0.29, 0.717) is 27.9 Å². The normalized spacial score (nSPS) is 10.4. The first-order valence-corrected chi connectivity index (χ1v) is 9.77. The third kappa shape index (κ3) is 6.05. The number of ether oxygens (including phenoxy) is 1. The van der Waals surface area contributed by atoms with E-state index in [-0.39, 0.29) is 17.9 Å². The van der Waals surface area contributed by atoms with Gasteiger partial charge >= 0.3 is 5.97 Å².